The van der Waals surface area contributed by atoms with Gasteiger partial charge in [-0.3, -0.25) is 4.79 Å². The highest BCUT2D eigenvalue weighted by atomic mass is 32.1. The second-order valence-electron chi connectivity index (χ2n) is 6.51. The van der Waals surface area contributed by atoms with Gasteiger partial charge in [0.1, 0.15) is 5.75 Å². The first kappa shape index (κ1) is 19.1. The highest BCUT2D eigenvalue weighted by molar-refractivity contribution is 7.22. The Morgan fingerprint density at radius 1 is 1.17 bits per heavy atom. The van der Waals surface area contributed by atoms with E-state index in [1.807, 2.05) is 56.3 Å². The number of aryl methyl sites for hydroxylation is 2. The van der Waals surface area contributed by atoms with Crippen LogP contribution in [0.4, 0.5) is 5.13 Å². The summed E-state index contributed by atoms with van der Waals surface area (Å²) in [6.45, 7) is 4.57. The van der Waals surface area contributed by atoms with Crippen LogP contribution in [0.25, 0.3) is 21.6 Å². The predicted octanol–water partition coefficient (Wildman–Crippen LogP) is 4.62. The third kappa shape index (κ3) is 4.60. The Labute approximate surface area is 171 Å². The Bertz CT molecular complexity index is 1130. The van der Waals surface area contributed by atoms with Crippen LogP contribution in [0.1, 0.15) is 24.8 Å². The number of thiazole rings is 1. The zero-order valence-corrected chi connectivity index (χ0v) is 17.0. The molecule has 0 unspecified atom stereocenters. The molecule has 4 aromatic rings. The molecular formula is C21H20N4O3S. The lowest BCUT2D eigenvalue weighted by Gasteiger charge is -2.00. The summed E-state index contributed by atoms with van der Waals surface area (Å²) in [5, 5.41) is 7.39. The van der Waals surface area contributed by atoms with Crippen molar-refractivity contribution in [2.75, 3.05) is 11.9 Å². The van der Waals surface area contributed by atoms with Gasteiger partial charge in [0.25, 0.3) is 0 Å². The Morgan fingerprint density at radius 2 is 2.00 bits per heavy atom. The molecule has 29 heavy (non-hydrogen) atoms. The number of amides is 1. The summed E-state index contributed by atoms with van der Waals surface area (Å²) in [4.78, 5) is 21.1. The first-order valence-electron chi connectivity index (χ1n) is 9.33. The summed E-state index contributed by atoms with van der Waals surface area (Å²) in [6, 6.07) is 13.6. The maximum atomic E-state index is 12.3. The van der Waals surface area contributed by atoms with Gasteiger partial charge < -0.3 is 14.6 Å². The molecule has 0 aliphatic carbocycles. The molecular weight excluding hydrogens is 388 g/mol. The standard InChI is InChI=1S/C21H20N4O3S/c1-3-27-15-8-9-16-17(12-15)29-21(22-16)23-18(26)10-11-19-24-20(25-28-19)14-6-4-13(2)5-7-14/h4-9,12H,3,10-11H2,1-2H3,(H,22,23,26). The molecule has 0 fully saturated rings. The minimum atomic E-state index is -0.149. The van der Waals surface area contributed by atoms with Crippen LogP contribution < -0.4 is 10.1 Å². The van der Waals surface area contributed by atoms with Crippen LogP contribution in [0.15, 0.2) is 47.0 Å². The van der Waals surface area contributed by atoms with E-state index in [2.05, 4.69) is 20.4 Å². The lowest BCUT2D eigenvalue weighted by molar-refractivity contribution is -0.116. The van der Waals surface area contributed by atoms with Crippen LogP contribution in [0.5, 0.6) is 5.75 Å². The van der Waals surface area contributed by atoms with E-state index in [0.717, 1.165) is 27.1 Å². The van der Waals surface area contributed by atoms with Crippen LogP contribution in [0, 0.1) is 6.92 Å². The maximum Gasteiger partial charge on any atom is 0.227 e. The largest absolute Gasteiger partial charge is 0.494 e. The average Bonchev–Trinajstić information content (AvgIpc) is 3.33. The van der Waals surface area contributed by atoms with Crippen LogP contribution in [0.3, 0.4) is 0 Å². The number of fused-ring (bicyclic) bond motifs is 1. The molecule has 0 aliphatic heterocycles. The number of hydrogen-bond donors (Lipinski definition) is 1. The molecule has 0 atom stereocenters. The summed E-state index contributed by atoms with van der Waals surface area (Å²) >= 11 is 1.42. The number of anilines is 1. The summed E-state index contributed by atoms with van der Waals surface area (Å²) in [5.74, 6) is 1.60. The number of aromatic nitrogens is 3. The molecule has 4 rings (SSSR count). The zero-order chi connectivity index (χ0) is 20.2. The molecule has 0 radical (unpaired) electrons. The lowest BCUT2D eigenvalue weighted by atomic mass is 10.1. The number of rotatable bonds is 7. The SMILES string of the molecule is CCOc1ccc2nc(NC(=O)CCc3nc(-c4ccc(C)cc4)no3)sc2c1. The van der Waals surface area contributed by atoms with Crippen molar-refractivity contribution in [3.05, 3.63) is 53.9 Å². The molecule has 7 nitrogen and oxygen atoms in total. The van der Waals surface area contributed by atoms with E-state index in [0.29, 0.717) is 29.9 Å². The van der Waals surface area contributed by atoms with Gasteiger partial charge in [-0.2, -0.15) is 4.98 Å². The fourth-order valence-corrected chi connectivity index (χ4v) is 3.70. The fourth-order valence-electron chi connectivity index (χ4n) is 2.79. The van der Waals surface area contributed by atoms with E-state index in [1.165, 1.54) is 11.3 Å². The van der Waals surface area contributed by atoms with Gasteiger partial charge in [0.05, 0.1) is 16.8 Å². The van der Waals surface area contributed by atoms with Gasteiger partial charge in [-0.1, -0.05) is 46.3 Å². The van der Waals surface area contributed by atoms with Crippen LogP contribution in [-0.2, 0) is 11.2 Å². The molecule has 2 aromatic heterocycles. The van der Waals surface area contributed by atoms with Gasteiger partial charge in [-0.25, -0.2) is 4.98 Å². The fraction of sp³-hybridized carbons (Fsp3) is 0.238. The summed E-state index contributed by atoms with van der Waals surface area (Å²) in [7, 11) is 0. The molecule has 148 valence electrons. The quantitative estimate of drug-likeness (QED) is 0.480. The van der Waals surface area contributed by atoms with E-state index < -0.39 is 0 Å². The second kappa shape index (κ2) is 8.40. The normalized spacial score (nSPS) is 11.0. The minimum Gasteiger partial charge on any atom is -0.494 e. The van der Waals surface area contributed by atoms with Crippen molar-refractivity contribution >= 4 is 32.6 Å². The van der Waals surface area contributed by atoms with Gasteiger partial charge in [0.2, 0.25) is 17.6 Å². The number of carbonyl (C=O) groups is 1. The molecule has 0 saturated heterocycles. The van der Waals surface area contributed by atoms with Crippen molar-refractivity contribution in [3.8, 4) is 17.1 Å². The molecule has 2 aromatic carbocycles. The van der Waals surface area contributed by atoms with Crippen molar-refractivity contribution in [1.29, 1.82) is 0 Å². The molecule has 0 bridgehead atoms. The zero-order valence-electron chi connectivity index (χ0n) is 16.1. The summed E-state index contributed by atoms with van der Waals surface area (Å²) < 4.78 is 11.7. The van der Waals surface area contributed by atoms with Gasteiger partial charge in [0, 0.05) is 18.4 Å². The topological polar surface area (TPSA) is 90.1 Å². The molecule has 0 spiro atoms. The van der Waals surface area contributed by atoms with E-state index in [-0.39, 0.29) is 12.3 Å². The van der Waals surface area contributed by atoms with Crippen molar-refractivity contribution in [2.45, 2.75) is 26.7 Å². The van der Waals surface area contributed by atoms with E-state index in [1.54, 1.807) is 0 Å². The molecule has 2 heterocycles. The smallest absolute Gasteiger partial charge is 0.227 e. The van der Waals surface area contributed by atoms with Gasteiger partial charge in [-0.05, 0) is 32.0 Å². The number of ether oxygens (including phenoxy) is 1. The highest BCUT2D eigenvalue weighted by Crippen LogP contribution is 2.29. The van der Waals surface area contributed by atoms with Crippen molar-refractivity contribution in [3.63, 3.8) is 0 Å². The number of benzene rings is 2. The van der Waals surface area contributed by atoms with E-state index >= 15 is 0 Å². The van der Waals surface area contributed by atoms with Gasteiger partial charge in [0.15, 0.2) is 5.13 Å². The first-order chi connectivity index (χ1) is 14.1. The molecule has 1 N–H and O–H groups in total. The number of nitrogens with one attached hydrogen (secondary N) is 1. The van der Waals surface area contributed by atoms with Crippen molar-refractivity contribution in [1.82, 2.24) is 15.1 Å². The summed E-state index contributed by atoms with van der Waals surface area (Å²) in [6.07, 6.45) is 0.597. The predicted molar refractivity (Wildman–Crippen MR) is 112 cm³/mol. The highest BCUT2D eigenvalue weighted by Gasteiger charge is 2.13. The van der Waals surface area contributed by atoms with E-state index in [9.17, 15) is 4.79 Å². The molecule has 0 saturated carbocycles. The van der Waals surface area contributed by atoms with Crippen molar-refractivity contribution < 1.29 is 14.1 Å². The Morgan fingerprint density at radius 3 is 2.79 bits per heavy atom. The van der Waals surface area contributed by atoms with Crippen LogP contribution >= 0.6 is 11.3 Å². The summed E-state index contributed by atoms with van der Waals surface area (Å²) in [5.41, 5.74) is 2.88. The molecule has 8 heteroatoms. The monoisotopic (exact) mass is 408 g/mol. The van der Waals surface area contributed by atoms with Gasteiger partial charge >= 0.3 is 0 Å². The Hall–Kier alpha value is -3.26. The third-order valence-electron chi connectivity index (χ3n) is 4.26. The first-order valence-corrected chi connectivity index (χ1v) is 10.2. The molecule has 0 aliphatic rings. The average molecular weight is 408 g/mol. The van der Waals surface area contributed by atoms with Crippen molar-refractivity contribution in [2.24, 2.45) is 0 Å². The molecule has 1 amide bonds. The lowest BCUT2D eigenvalue weighted by Crippen LogP contribution is -2.12. The number of nitrogens with zero attached hydrogens (tertiary/aromatic N) is 3. The third-order valence-corrected chi connectivity index (χ3v) is 5.19. The van der Waals surface area contributed by atoms with Crippen LogP contribution in [-0.4, -0.2) is 27.6 Å². The maximum absolute atomic E-state index is 12.3. The van der Waals surface area contributed by atoms with Gasteiger partial charge in [-0.15, -0.1) is 0 Å². The number of carbonyl (C=O) groups excluding carboxylic acids is 1. The van der Waals surface area contributed by atoms with Crippen LogP contribution in [0.2, 0.25) is 0 Å². The van der Waals surface area contributed by atoms with E-state index in [4.69, 9.17) is 9.26 Å². The second-order valence-corrected chi connectivity index (χ2v) is 7.54. The Balaban J connectivity index is 1.35. The minimum absolute atomic E-state index is 0.149. The Kier molecular flexibility index (Phi) is 5.53. The number of hydrogen-bond acceptors (Lipinski definition) is 7.